The molecule has 2 N–H and O–H groups in total. The van der Waals surface area contributed by atoms with Gasteiger partial charge in [0, 0.05) is 18.5 Å². The van der Waals surface area contributed by atoms with Crippen molar-refractivity contribution in [1.29, 1.82) is 0 Å². The first-order valence-corrected chi connectivity index (χ1v) is 6.03. The number of carbonyl (C=O) groups excluding carboxylic acids is 2. The van der Waals surface area contributed by atoms with E-state index < -0.39 is 6.23 Å². The number of nitrogens with zero attached hydrogens (tertiary/aromatic N) is 1. The summed E-state index contributed by atoms with van der Waals surface area (Å²) in [6.45, 7) is 0.507. The number of aliphatic hydroxyl groups excluding tert-OH is 1. The molecule has 2 amide bonds. The summed E-state index contributed by atoms with van der Waals surface area (Å²) in [4.78, 5) is 25.0. The Balaban J connectivity index is 1.84. The third-order valence-electron chi connectivity index (χ3n) is 3.59. The molecule has 0 saturated carbocycles. The SMILES string of the molecule is O=C1CC[C@H](N2Cc3ccccc3C2=O)C(O)N1. The average molecular weight is 246 g/mol. The Hall–Kier alpha value is -1.88. The van der Waals surface area contributed by atoms with Crippen molar-refractivity contribution in [3.8, 4) is 0 Å². The van der Waals surface area contributed by atoms with Crippen LogP contribution in [0.5, 0.6) is 0 Å². The molecule has 1 aromatic rings. The van der Waals surface area contributed by atoms with Gasteiger partial charge in [-0.2, -0.15) is 0 Å². The summed E-state index contributed by atoms with van der Waals surface area (Å²) in [6.07, 6.45) is -0.112. The Bertz CT molecular complexity index is 515. The summed E-state index contributed by atoms with van der Waals surface area (Å²) in [5.74, 6) is -0.228. The number of benzene rings is 1. The monoisotopic (exact) mass is 246 g/mol. The zero-order chi connectivity index (χ0) is 12.7. The summed E-state index contributed by atoms with van der Waals surface area (Å²) < 4.78 is 0. The van der Waals surface area contributed by atoms with Crippen LogP contribution in [-0.2, 0) is 11.3 Å². The Labute approximate surface area is 104 Å². The molecule has 2 aliphatic heterocycles. The minimum Gasteiger partial charge on any atom is -0.372 e. The molecule has 1 saturated heterocycles. The lowest BCUT2D eigenvalue weighted by molar-refractivity contribution is -0.129. The van der Waals surface area contributed by atoms with Crippen molar-refractivity contribution < 1.29 is 14.7 Å². The molecule has 1 unspecified atom stereocenters. The first-order chi connectivity index (χ1) is 8.66. The van der Waals surface area contributed by atoms with Crippen LogP contribution in [0.2, 0.25) is 0 Å². The van der Waals surface area contributed by atoms with Crippen molar-refractivity contribution in [3.63, 3.8) is 0 Å². The molecule has 1 aromatic carbocycles. The Morgan fingerprint density at radius 3 is 2.78 bits per heavy atom. The number of hydrogen-bond donors (Lipinski definition) is 2. The summed E-state index contributed by atoms with van der Waals surface area (Å²) in [6, 6.07) is 7.11. The third kappa shape index (κ3) is 1.67. The van der Waals surface area contributed by atoms with Crippen LogP contribution in [0, 0.1) is 0 Å². The number of hydrogen-bond acceptors (Lipinski definition) is 3. The van der Waals surface area contributed by atoms with Crippen LogP contribution in [0.15, 0.2) is 24.3 Å². The molecule has 0 bridgehead atoms. The molecular formula is C13H14N2O3. The van der Waals surface area contributed by atoms with E-state index in [0.717, 1.165) is 5.56 Å². The van der Waals surface area contributed by atoms with Crippen molar-refractivity contribution in [1.82, 2.24) is 10.2 Å². The molecular weight excluding hydrogens is 232 g/mol. The van der Waals surface area contributed by atoms with Crippen molar-refractivity contribution in [2.45, 2.75) is 31.7 Å². The van der Waals surface area contributed by atoms with Crippen LogP contribution >= 0.6 is 0 Å². The van der Waals surface area contributed by atoms with Gasteiger partial charge >= 0.3 is 0 Å². The van der Waals surface area contributed by atoms with Gasteiger partial charge in [-0.1, -0.05) is 18.2 Å². The van der Waals surface area contributed by atoms with Crippen LogP contribution in [0.4, 0.5) is 0 Å². The fraction of sp³-hybridized carbons (Fsp3) is 0.385. The maximum absolute atomic E-state index is 12.2. The van der Waals surface area contributed by atoms with Gasteiger partial charge in [-0.25, -0.2) is 0 Å². The normalized spacial score (nSPS) is 27.1. The van der Waals surface area contributed by atoms with Crippen LogP contribution in [0.1, 0.15) is 28.8 Å². The lowest BCUT2D eigenvalue weighted by atomic mass is 10.0. The molecule has 18 heavy (non-hydrogen) atoms. The zero-order valence-corrected chi connectivity index (χ0v) is 9.80. The first-order valence-electron chi connectivity index (χ1n) is 6.03. The van der Waals surface area contributed by atoms with E-state index in [1.165, 1.54) is 0 Å². The molecule has 2 atom stereocenters. The minimum atomic E-state index is -0.968. The lowest BCUT2D eigenvalue weighted by Crippen LogP contribution is -2.55. The van der Waals surface area contributed by atoms with E-state index in [9.17, 15) is 14.7 Å². The van der Waals surface area contributed by atoms with Crippen molar-refractivity contribution >= 4 is 11.8 Å². The number of amides is 2. The van der Waals surface area contributed by atoms with Crippen LogP contribution < -0.4 is 5.32 Å². The highest BCUT2D eigenvalue weighted by molar-refractivity contribution is 5.98. The predicted octanol–water partition coefficient (Wildman–Crippen LogP) is 0.239. The second kappa shape index (κ2) is 4.10. The summed E-state index contributed by atoms with van der Waals surface area (Å²) >= 11 is 0. The molecule has 1 fully saturated rings. The van der Waals surface area contributed by atoms with E-state index in [4.69, 9.17) is 0 Å². The fourth-order valence-electron chi connectivity index (χ4n) is 2.64. The number of fused-ring (bicyclic) bond motifs is 1. The molecule has 0 aromatic heterocycles. The largest absolute Gasteiger partial charge is 0.372 e. The van der Waals surface area contributed by atoms with E-state index in [0.29, 0.717) is 24.9 Å². The predicted molar refractivity (Wildman–Crippen MR) is 63.5 cm³/mol. The van der Waals surface area contributed by atoms with Crippen molar-refractivity contribution in [2.24, 2.45) is 0 Å². The van der Waals surface area contributed by atoms with Crippen LogP contribution in [0.25, 0.3) is 0 Å². The molecule has 0 aliphatic carbocycles. The van der Waals surface area contributed by atoms with E-state index in [-0.39, 0.29) is 17.9 Å². The Morgan fingerprint density at radius 2 is 2.06 bits per heavy atom. The fourth-order valence-corrected chi connectivity index (χ4v) is 2.64. The second-order valence-corrected chi connectivity index (χ2v) is 4.71. The maximum atomic E-state index is 12.2. The maximum Gasteiger partial charge on any atom is 0.254 e. The summed E-state index contributed by atoms with van der Waals surface area (Å²) in [5.41, 5.74) is 1.67. The van der Waals surface area contributed by atoms with E-state index in [2.05, 4.69) is 5.32 Å². The van der Waals surface area contributed by atoms with Gasteiger partial charge in [-0.05, 0) is 18.1 Å². The van der Waals surface area contributed by atoms with Gasteiger partial charge in [0.15, 0.2) is 0 Å². The number of nitrogens with one attached hydrogen (secondary N) is 1. The molecule has 0 radical (unpaired) electrons. The minimum absolute atomic E-state index is 0.0641. The number of piperidine rings is 1. The molecule has 0 spiro atoms. The lowest BCUT2D eigenvalue weighted by Gasteiger charge is -2.35. The topological polar surface area (TPSA) is 69.6 Å². The molecule has 5 nitrogen and oxygen atoms in total. The number of carbonyl (C=O) groups is 2. The van der Waals surface area contributed by atoms with E-state index in [1.807, 2.05) is 18.2 Å². The summed E-state index contributed by atoms with van der Waals surface area (Å²) in [5, 5.41) is 12.3. The van der Waals surface area contributed by atoms with Gasteiger partial charge in [-0.3, -0.25) is 9.59 Å². The van der Waals surface area contributed by atoms with Crippen molar-refractivity contribution in [3.05, 3.63) is 35.4 Å². The summed E-state index contributed by atoms with van der Waals surface area (Å²) in [7, 11) is 0. The average Bonchev–Trinajstić information content (AvgIpc) is 2.68. The second-order valence-electron chi connectivity index (χ2n) is 4.71. The van der Waals surface area contributed by atoms with Gasteiger partial charge in [0.2, 0.25) is 5.91 Å². The van der Waals surface area contributed by atoms with Gasteiger partial charge in [0.25, 0.3) is 5.91 Å². The molecule has 94 valence electrons. The third-order valence-corrected chi connectivity index (χ3v) is 3.59. The van der Waals surface area contributed by atoms with E-state index in [1.54, 1.807) is 11.0 Å². The standard InChI is InChI=1S/C13H14N2O3/c16-11-6-5-10(12(17)14-11)15-7-8-3-1-2-4-9(8)13(15)18/h1-4,10,12,17H,5-7H2,(H,14,16)/t10-,12?/m0/s1. The highest BCUT2D eigenvalue weighted by atomic mass is 16.3. The Kier molecular flexibility index (Phi) is 2.56. The molecule has 5 heteroatoms. The zero-order valence-electron chi connectivity index (χ0n) is 9.80. The van der Waals surface area contributed by atoms with Gasteiger partial charge in [0.1, 0.15) is 6.23 Å². The molecule has 2 aliphatic rings. The van der Waals surface area contributed by atoms with Gasteiger partial charge in [-0.15, -0.1) is 0 Å². The smallest absolute Gasteiger partial charge is 0.254 e. The number of rotatable bonds is 1. The van der Waals surface area contributed by atoms with Gasteiger partial charge in [0.05, 0.1) is 6.04 Å². The van der Waals surface area contributed by atoms with Crippen molar-refractivity contribution in [2.75, 3.05) is 0 Å². The van der Waals surface area contributed by atoms with Crippen LogP contribution in [0.3, 0.4) is 0 Å². The highest BCUT2D eigenvalue weighted by Gasteiger charge is 2.38. The van der Waals surface area contributed by atoms with Crippen LogP contribution in [-0.4, -0.2) is 34.1 Å². The van der Waals surface area contributed by atoms with Gasteiger partial charge < -0.3 is 15.3 Å². The quantitative estimate of drug-likeness (QED) is 0.745. The molecule has 2 heterocycles. The highest BCUT2D eigenvalue weighted by Crippen LogP contribution is 2.27. The first kappa shape index (κ1) is 11.2. The number of aliphatic hydroxyl groups is 1. The Morgan fingerprint density at radius 1 is 1.28 bits per heavy atom. The van der Waals surface area contributed by atoms with E-state index >= 15 is 0 Å². The molecule has 3 rings (SSSR count).